The minimum atomic E-state index is -1.39. The first-order valence-corrected chi connectivity index (χ1v) is 13.9. The molecule has 42 heavy (non-hydrogen) atoms. The van der Waals surface area contributed by atoms with Gasteiger partial charge in [0.05, 0.1) is 28.6 Å². The lowest BCUT2D eigenvalue weighted by Crippen LogP contribution is -2.42. The number of aliphatic carboxylic acids is 1. The summed E-state index contributed by atoms with van der Waals surface area (Å²) in [6.45, 7) is 0. The average Bonchev–Trinajstić information content (AvgIpc) is 3.68. The van der Waals surface area contributed by atoms with Gasteiger partial charge in [-0.25, -0.2) is 9.78 Å². The number of aliphatic hydroxyl groups is 2. The molecule has 1 fully saturated rings. The van der Waals surface area contributed by atoms with Crippen LogP contribution in [0.15, 0.2) is 76.9 Å². The summed E-state index contributed by atoms with van der Waals surface area (Å²) in [4.78, 5) is 41.4. The van der Waals surface area contributed by atoms with Crippen LogP contribution >= 0.6 is 0 Å². The van der Waals surface area contributed by atoms with Crippen LogP contribution in [0.1, 0.15) is 54.1 Å². The van der Waals surface area contributed by atoms with E-state index in [0.717, 1.165) is 42.6 Å². The fourth-order valence-electron chi connectivity index (χ4n) is 5.67. The zero-order chi connectivity index (χ0) is 29.4. The Balaban J connectivity index is 1.19. The van der Waals surface area contributed by atoms with E-state index < -0.39 is 35.6 Å². The number of Topliss-reactive ketones (excluding diaryl/α,β-unsaturated/α-hetero) is 1. The number of rotatable bonds is 9. The Morgan fingerprint density at radius 3 is 2.50 bits per heavy atom. The molecular weight excluding hydrogens is 540 g/mol. The maximum absolute atomic E-state index is 13.2. The summed E-state index contributed by atoms with van der Waals surface area (Å²) in [6, 6.07) is 12.8. The van der Waals surface area contributed by atoms with E-state index in [1.165, 1.54) is 6.42 Å². The van der Waals surface area contributed by atoms with E-state index in [1.54, 1.807) is 48.9 Å². The predicted octanol–water partition coefficient (Wildman–Crippen LogP) is 4.35. The summed E-state index contributed by atoms with van der Waals surface area (Å²) in [5.41, 5.74) is 3.89. The van der Waals surface area contributed by atoms with Gasteiger partial charge in [-0.3, -0.25) is 9.59 Å². The molecular formula is C31H30N4O7. The minimum absolute atomic E-state index is 0.0147. The van der Waals surface area contributed by atoms with Crippen molar-refractivity contribution in [2.75, 3.05) is 5.32 Å². The van der Waals surface area contributed by atoms with Crippen LogP contribution in [0.4, 0.5) is 5.69 Å². The molecule has 2 atom stereocenters. The fourth-order valence-corrected chi connectivity index (χ4v) is 5.67. The number of aromatic nitrogens is 2. The van der Waals surface area contributed by atoms with Crippen molar-refractivity contribution in [3.05, 3.63) is 83.6 Å². The van der Waals surface area contributed by atoms with Crippen LogP contribution < -0.4 is 10.6 Å². The predicted molar refractivity (Wildman–Crippen MR) is 153 cm³/mol. The van der Waals surface area contributed by atoms with Crippen LogP contribution in [-0.4, -0.2) is 54.7 Å². The van der Waals surface area contributed by atoms with Crippen molar-refractivity contribution in [2.45, 2.75) is 56.7 Å². The largest absolute Gasteiger partial charge is 0.503 e. The normalized spacial score (nSPS) is 18.1. The second-order valence-corrected chi connectivity index (χ2v) is 10.7. The summed E-state index contributed by atoms with van der Waals surface area (Å²) >= 11 is 0. The second-order valence-electron chi connectivity index (χ2n) is 10.7. The Bertz CT molecular complexity index is 1680. The number of fused-ring (bicyclic) bond motifs is 1. The zero-order valence-corrected chi connectivity index (χ0v) is 22.6. The van der Waals surface area contributed by atoms with Crippen molar-refractivity contribution < 1.29 is 34.1 Å². The lowest BCUT2D eigenvalue weighted by molar-refractivity contribution is -0.139. The molecule has 2 aromatic heterocycles. The molecule has 1 saturated carbocycles. The van der Waals surface area contributed by atoms with Gasteiger partial charge in [0, 0.05) is 23.7 Å². The maximum Gasteiger partial charge on any atom is 0.326 e. The van der Waals surface area contributed by atoms with Crippen molar-refractivity contribution in [1.82, 2.24) is 14.9 Å². The summed E-state index contributed by atoms with van der Waals surface area (Å²) in [5, 5.41) is 34.5. The molecule has 0 saturated heterocycles. The molecule has 0 radical (unpaired) electrons. The molecule has 6 rings (SSSR count). The number of hydrogen-bond acceptors (Lipinski definition) is 8. The number of carboxylic acid groups (broad SMARTS) is 1. The molecule has 2 aliphatic rings. The van der Waals surface area contributed by atoms with Crippen LogP contribution in [0.5, 0.6) is 0 Å². The monoisotopic (exact) mass is 570 g/mol. The van der Waals surface area contributed by atoms with Gasteiger partial charge in [0.1, 0.15) is 18.1 Å². The molecule has 0 bridgehead atoms. The highest BCUT2D eigenvalue weighted by Crippen LogP contribution is 2.36. The highest BCUT2D eigenvalue weighted by atomic mass is 16.4. The average molecular weight is 571 g/mol. The van der Waals surface area contributed by atoms with Gasteiger partial charge in [-0.15, -0.1) is 0 Å². The molecule has 0 aliphatic heterocycles. The molecule has 2 aromatic carbocycles. The van der Waals surface area contributed by atoms with Crippen LogP contribution in [0.2, 0.25) is 0 Å². The van der Waals surface area contributed by atoms with E-state index in [2.05, 4.69) is 15.2 Å². The van der Waals surface area contributed by atoms with Gasteiger partial charge in [-0.05, 0) is 54.8 Å². The molecule has 0 spiro atoms. The first kappa shape index (κ1) is 27.3. The number of amides is 1. The van der Waals surface area contributed by atoms with Crippen LogP contribution in [-0.2, 0) is 16.0 Å². The number of furan rings is 1. The number of benzene rings is 2. The highest BCUT2D eigenvalue weighted by molar-refractivity contribution is 6.07. The van der Waals surface area contributed by atoms with Gasteiger partial charge >= 0.3 is 5.97 Å². The summed E-state index contributed by atoms with van der Waals surface area (Å²) in [6.07, 6.45) is 7.53. The van der Waals surface area contributed by atoms with E-state index in [9.17, 15) is 29.7 Å². The minimum Gasteiger partial charge on any atom is -0.503 e. The SMILES string of the molecule is O=C(N[C@@H](Cc1ccc(NC2=C(O)C(=O)C2O)cc1)C(=O)O)c1ccc2c(c1)nc(-c1ccoc1)n2C1CCCCC1. The van der Waals surface area contributed by atoms with Crippen molar-refractivity contribution in [1.29, 1.82) is 0 Å². The van der Waals surface area contributed by atoms with Crippen LogP contribution in [0.3, 0.4) is 0 Å². The Hall–Kier alpha value is -4.90. The Morgan fingerprint density at radius 2 is 1.83 bits per heavy atom. The number of hydrogen-bond donors (Lipinski definition) is 5. The standard InChI is InChI=1S/C31H30N4O7/c36-26-25(27(37)28(26)38)32-20-9-6-17(7-10-20)14-23(31(40)41)34-30(39)18-8-11-24-22(15-18)33-29(19-12-13-42-16-19)35(24)21-4-2-1-3-5-21/h6-13,15-16,21,23,26,32,36-37H,1-5,14H2,(H,34,39)(H,40,41)/t23-,26?/m0/s1. The summed E-state index contributed by atoms with van der Waals surface area (Å²) in [5.74, 6) is -2.18. The number of carbonyl (C=O) groups excluding carboxylic acids is 2. The Kier molecular flexibility index (Phi) is 7.26. The van der Waals surface area contributed by atoms with Crippen LogP contribution in [0.25, 0.3) is 22.4 Å². The molecule has 1 unspecified atom stereocenters. The molecule has 11 nitrogen and oxygen atoms in total. The molecule has 11 heteroatoms. The Labute approximate surface area is 240 Å². The van der Waals surface area contributed by atoms with Gasteiger partial charge < -0.3 is 34.9 Å². The van der Waals surface area contributed by atoms with Gasteiger partial charge in [-0.1, -0.05) is 31.4 Å². The molecule has 216 valence electrons. The van der Waals surface area contributed by atoms with Crippen molar-refractivity contribution in [2.24, 2.45) is 0 Å². The van der Waals surface area contributed by atoms with Gasteiger partial charge in [-0.2, -0.15) is 0 Å². The smallest absolute Gasteiger partial charge is 0.326 e. The quantitative estimate of drug-likeness (QED) is 0.196. The van der Waals surface area contributed by atoms with E-state index in [1.807, 2.05) is 12.1 Å². The first-order valence-electron chi connectivity index (χ1n) is 13.9. The first-order chi connectivity index (χ1) is 20.3. The van der Waals surface area contributed by atoms with Crippen molar-refractivity contribution in [3.8, 4) is 11.4 Å². The third-order valence-electron chi connectivity index (χ3n) is 7.96. The zero-order valence-electron chi connectivity index (χ0n) is 22.6. The topological polar surface area (TPSA) is 167 Å². The summed E-state index contributed by atoms with van der Waals surface area (Å²) < 4.78 is 7.55. The number of nitrogens with zero attached hydrogens (tertiary/aromatic N) is 2. The number of aliphatic hydroxyl groups excluding tert-OH is 2. The van der Waals surface area contributed by atoms with E-state index in [-0.39, 0.29) is 12.1 Å². The van der Waals surface area contributed by atoms with Gasteiger partial charge in [0.2, 0.25) is 5.78 Å². The molecule has 5 N–H and O–H groups in total. The van der Waals surface area contributed by atoms with E-state index >= 15 is 0 Å². The number of ketones is 1. The third kappa shape index (κ3) is 5.14. The fraction of sp³-hybridized carbons (Fsp3) is 0.290. The lowest BCUT2D eigenvalue weighted by atomic mass is 9.95. The summed E-state index contributed by atoms with van der Waals surface area (Å²) in [7, 11) is 0. The second kappa shape index (κ2) is 11.2. The van der Waals surface area contributed by atoms with Crippen molar-refractivity contribution in [3.63, 3.8) is 0 Å². The Morgan fingerprint density at radius 1 is 1.07 bits per heavy atom. The van der Waals surface area contributed by atoms with Crippen molar-refractivity contribution >= 4 is 34.4 Å². The molecule has 2 heterocycles. The van der Waals surface area contributed by atoms with Crippen LogP contribution in [0, 0.1) is 0 Å². The lowest BCUT2D eigenvalue weighted by Gasteiger charge is -2.25. The molecule has 2 aliphatic carbocycles. The number of imidazole rings is 1. The number of carbonyl (C=O) groups is 3. The molecule has 4 aromatic rings. The maximum atomic E-state index is 13.2. The van der Waals surface area contributed by atoms with Gasteiger partial charge in [0.25, 0.3) is 5.91 Å². The van der Waals surface area contributed by atoms with E-state index in [4.69, 9.17) is 9.40 Å². The molecule has 1 amide bonds. The number of carboxylic acids is 1. The third-order valence-corrected chi connectivity index (χ3v) is 7.96. The van der Waals surface area contributed by atoms with E-state index in [0.29, 0.717) is 28.4 Å². The highest BCUT2D eigenvalue weighted by Gasteiger charge is 2.38. The van der Waals surface area contributed by atoms with Gasteiger partial charge in [0.15, 0.2) is 11.9 Å². The number of anilines is 1. The number of nitrogens with one attached hydrogen (secondary N) is 2.